The average Bonchev–Trinajstić information content (AvgIpc) is 2.44. The van der Waals surface area contributed by atoms with Crippen molar-refractivity contribution in [1.82, 2.24) is 0 Å². The zero-order valence-corrected chi connectivity index (χ0v) is 10.2. The summed E-state index contributed by atoms with van der Waals surface area (Å²) in [6, 6.07) is 8.91. The van der Waals surface area contributed by atoms with Gasteiger partial charge in [0.2, 0.25) is 0 Å². The molecule has 1 atom stereocenters. The maximum atomic E-state index is 2.41. The van der Waals surface area contributed by atoms with E-state index in [4.69, 9.17) is 0 Å². The predicted octanol–water partition coefficient (Wildman–Crippen LogP) is 4.44. The van der Waals surface area contributed by atoms with Crippen LogP contribution in [0.4, 0.5) is 0 Å². The zero-order chi connectivity index (χ0) is 11.1. The van der Waals surface area contributed by atoms with E-state index in [1.54, 1.807) is 0 Å². The highest BCUT2D eigenvalue weighted by molar-refractivity contribution is 5.72. The van der Waals surface area contributed by atoms with Gasteiger partial charge in [0, 0.05) is 0 Å². The molecule has 1 aliphatic carbocycles. The van der Waals surface area contributed by atoms with Crippen LogP contribution in [0.5, 0.6) is 0 Å². The second-order valence-corrected chi connectivity index (χ2v) is 5.34. The molecule has 2 rings (SSSR count). The zero-order valence-electron chi connectivity index (χ0n) is 10.2. The Bertz CT molecular complexity index is 379. The summed E-state index contributed by atoms with van der Waals surface area (Å²) < 4.78 is 0. The Morgan fingerprint density at radius 3 is 2.20 bits per heavy atom. The lowest BCUT2D eigenvalue weighted by molar-refractivity contribution is 0.348. The van der Waals surface area contributed by atoms with Crippen LogP contribution in [0.2, 0.25) is 0 Å². The van der Waals surface area contributed by atoms with Crippen molar-refractivity contribution >= 4 is 5.57 Å². The van der Waals surface area contributed by atoms with Crippen molar-refractivity contribution in [3.05, 3.63) is 41.5 Å². The van der Waals surface area contributed by atoms with Crippen LogP contribution in [0.3, 0.4) is 0 Å². The first kappa shape index (κ1) is 10.5. The lowest BCUT2D eigenvalue weighted by atomic mass is 9.76. The maximum Gasteiger partial charge on any atom is -0.00722 e. The van der Waals surface area contributed by atoms with Crippen molar-refractivity contribution < 1.29 is 0 Å². The van der Waals surface area contributed by atoms with Gasteiger partial charge in [-0.25, -0.2) is 0 Å². The number of benzene rings is 1. The number of hydrogen-bond donors (Lipinski definition) is 0. The van der Waals surface area contributed by atoms with Crippen molar-refractivity contribution in [3.63, 3.8) is 0 Å². The highest BCUT2D eigenvalue weighted by Crippen LogP contribution is 2.47. The summed E-state index contributed by atoms with van der Waals surface area (Å²) >= 11 is 0. The normalized spacial score (nSPS) is 24.0. The molecule has 15 heavy (non-hydrogen) atoms. The summed E-state index contributed by atoms with van der Waals surface area (Å²) in [7, 11) is 0. The molecule has 0 saturated carbocycles. The van der Waals surface area contributed by atoms with Crippen molar-refractivity contribution in [2.75, 3.05) is 0 Å². The quantitative estimate of drug-likeness (QED) is 0.628. The number of rotatable bonds is 1. The molecule has 0 bridgehead atoms. The minimum absolute atomic E-state index is 0.329. The van der Waals surface area contributed by atoms with E-state index < -0.39 is 0 Å². The minimum atomic E-state index is 0.329. The predicted molar refractivity (Wildman–Crippen MR) is 66.7 cm³/mol. The average molecular weight is 200 g/mol. The fourth-order valence-corrected chi connectivity index (χ4v) is 2.34. The van der Waals surface area contributed by atoms with Crippen LogP contribution in [0.1, 0.15) is 38.3 Å². The fraction of sp³-hybridized carbons (Fsp3) is 0.467. The smallest absolute Gasteiger partial charge is 0.00722 e. The van der Waals surface area contributed by atoms with Crippen LogP contribution in [-0.2, 0) is 0 Å². The lowest BCUT2D eigenvalue weighted by Crippen LogP contribution is -2.17. The summed E-state index contributed by atoms with van der Waals surface area (Å²) in [5.74, 6) is 0.758. The molecule has 0 amide bonds. The van der Waals surface area contributed by atoms with Gasteiger partial charge in [0.05, 0.1) is 0 Å². The number of allylic oxidation sites excluding steroid dienone is 2. The minimum Gasteiger partial charge on any atom is -0.0799 e. The SMILES string of the molecule is Cc1ccc(C2=CCC(C)C2(C)C)cc1. The second-order valence-electron chi connectivity index (χ2n) is 5.34. The third kappa shape index (κ3) is 1.73. The summed E-state index contributed by atoms with van der Waals surface area (Å²) in [4.78, 5) is 0. The van der Waals surface area contributed by atoms with Gasteiger partial charge >= 0.3 is 0 Å². The van der Waals surface area contributed by atoms with Crippen LogP contribution < -0.4 is 0 Å². The van der Waals surface area contributed by atoms with Crippen molar-refractivity contribution in [2.24, 2.45) is 11.3 Å². The Balaban J connectivity index is 2.37. The first-order valence-corrected chi connectivity index (χ1v) is 5.79. The number of aryl methyl sites for hydroxylation is 1. The standard InChI is InChI=1S/C15H20/c1-11-5-8-13(9-6-11)14-10-7-12(2)15(14,3)4/h5-6,8-10,12H,7H2,1-4H3. The van der Waals surface area contributed by atoms with Crippen LogP contribution in [0, 0.1) is 18.3 Å². The first-order chi connectivity index (χ1) is 7.01. The molecule has 0 aromatic heterocycles. The van der Waals surface area contributed by atoms with Gasteiger partial charge in [-0.2, -0.15) is 0 Å². The van der Waals surface area contributed by atoms with Gasteiger partial charge in [0.15, 0.2) is 0 Å². The molecule has 0 aliphatic heterocycles. The monoisotopic (exact) mass is 200 g/mol. The van der Waals surface area contributed by atoms with Crippen LogP contribution in [0.25, 0.3) is 5.57 Å². The third-order valence-corrected chi connectivity index (χ3v) is 3.96. The van der Waals surface area contributed by atoms with Gasteiger partial charge in [-0.05, 0) is 35.8 Å². The van der Waals surface area contributed by atoms with E-state index in [1.807, 2.05) is 0 Å². The molecule has 80 valence electrons. The molecule has 0 heteroatoms. The topological polar surface area (TPSA) is 0 Å². The lowest BCUT2D eigenvalue weighted by Gasteiger charge is -2.28. The van der Waals surface area contributed by atoms with Gasteiger partial charge in [0.1, 0.15) is 0 Å². The van der Waals surface area contributed by atoms with E-state index in [0.29, 0.717) is 5.41 Å². The Hall–Kier alpha value is -1.04. The van der Waals surface area contributed by atoms with Gasteiger partial charge in [-0.15, -0.1) is 0 Å². The highest BCUT2D eigenvalue weighted by Gasteiger charge is 2.34. The molecular formula is C15H20. The van der Waals surface area contributed by atoms with Crippen LogP contribution in [0.15, 0.2) is 30.3 Å². The molecule has 1 unspecified atom stereocenters. The largest absolute Gasteiger partial charge is 0.0799 e. The van der Waals surface area contributed by atoms with Crippen molar-refractivity contribution in [1.29, 1.82) is 0 Å². The summed E-state index contributed by atoms with van der Waals surface area (Å²) in [6.07, 6.45) is 3.63. The Labute approximate surface area is 93.0 Å². The molecule has 0 fully saturated rings. The third-order valence-electron chi connectivity index (χ3n) is 3.96. The van der Waals surface area contributed by atoms with E-state index in [0.717, 1.165) is 5.92 Å². The van der Waals surface area contributed by atoms with Crippen molar-refractivity contribution in [2.45, 2.75) is 34.1 Å². The molecule has 0 saturated heterocycles. The summed E-state index contributed by atoms with van der Waals surface area (Å²) in [5.41, 5.74) is 4.59. The first-order valence-electron chi connectivity index (χ1n) is 5.79. The molecule has 0 spiro atoms. The number of hydrogen-bond acceptors (Lipinski definition) is 0. The van der Waals surface area contributed by atoms with E-state index in [1.165, 1.54) is 23.1 Å². The fourth-order valence-electron chi connectivity index (χ4n) is 2.34. The molecule has 0 radical (unpaired) electrons. The molecule has 0 heterocycles. The van der Waals surface area contributed by atoms with Crippen LogP contribution in [-0.4, -0.2) is 0 Å². The van der Waals surface area contributed by atoms with Crippen LogP contribution >= 0.6 is 0 Å². The molecule has 1 aromatic rings. The van der Waals surface area contributed by atoms with Gasteiger partial charge in [0.25, 0.3) is 0 Å². The molecule has 1 aromatic carbocycles. The molecule has 0 nitrogen and oxygen atoms in total. The Morgan fingerprint density at radius 2 is 1.73 bits per heavy atom. The Morgan fingerprint density at radius 1 is 1.13 bits per heavy atom. The maximum absolute atomic E-state index is 2.41. The van der Waals surface area contributed by atoms with Gasteiger partial charge in [-0.3, -0.25) is 0 Å². The molecule has 0 N–H and O–H groups in total. The van der Waals surface area contributed by atoms with Gasteiger partial charge < -0.3 is 0 Å². The molecular weight excluding hydrogens is 180 g/mol. The summed E-state index contributed by atoms with van der Waals surface area (Å²) in [6.45, 7) is 9.20. The van der Waals surface area contributed by atoms with Gasteiger partial charge in [-0.1, -0.05) is 56.7 Å². The van der Waals surface area contributed by atoms with E-state index in [2.05, 4.69) is 58.0 Å². The highest BCUT2D eigenvalue weighted by atomic mass is 14.4. The molecule has 1 aliphatic rings. The summed E-state index contributed by atoms with van der Waals surface area (Å²) in [5, 5.41) is 0. The van der Waals surface area contributed by atoms with E-state index in [-0.39, 0.29) is 0 Å². The van der Waals surface area contributed by atoms with E-state index in [9.17, 15) is 0 Å². The van der Waals surface area contributed by atoms with Crippen molar-refractivity contribution in [3.8, 4) is 0 Å². The van der Waals surface area contributed by atoms with E-state index >= 15 is 0 Å². The second kappa shape index (κ2) is 3.52. The Kier molecular flexibility index (Phi) is 2.46.